The van der Waals surface area contributed by atoms with E-state index < -0.39 is 23.8 Å². The van der Waals surface area contributed by atoms with Gasteiger partial charge in [-0.3, -0.25) is 9.59 Å². The zero-order valence-corrected chi connectivity index (χ0v) is 17.6. The van der Waals surface area contributed by atoms with Gasteiger partial charge in [-0.05, 0) is 42.5 Å². The molecule has 0 aliphatic heterocycles. The first-order chi connectivity index (χ1) is 13.4. The molecule has 0 saturated heterocycles. The van der Waals surface area contributed by atoms with Crippen molar-refractivity contribution in [2.45, 2.75) is 6.17 Å². The van der Waals surface area contributed by atoms with Crippen molar-refractivity contribution in [1.29, 1.82) is 0 Å². The Balaban J connectivity index is 1.88. The van der Waals surface area contributed by atoms with Crippen LogP contribution >= 0.6 is 31.9 Å². The Labute approximate surface area is 178 Å². The fraction of sp³-hybridized carbons (Fsp3) is 0.0476. The summed E-state index contributed by atoms with van der Waals surface area (Å²) in [5.74, 6) is -1.41. The third kappa shape index (κ3) is 5.05. The van der Waals surface area contributed by atoms with Gasteiger partial charge in [0.2, 0.25) is 0 Å². The molecule has 0 unspecified atom stereocenters. The molecule has 4 nitrogen and oxygen atoms in total. The Morgan fingerprint density at radius 2 is 1.25 bits per heavy atom. The third-order valence-electron chi connectivity index (χ3n) is 3.94. The number of halogens is 3. The average Bonchev–Trinajstić information content (AvgIpc) is 2.68. The third-order valence-corrected chi connectivity index (χ3v) is 4.93. The van der Waals surface area contributed by atoms with E-state index in [0.717, 1.165) is 8.95 Å². The van der Waals surface area contributed by atoms with Gasteiger partial charge in [-0.1, -0.05) is 62.2 Å². The second-order valence-corrected chi connectivity index (χ2v) is 7.75. The summed E-state index contributed by atoms with van der Waals surface area (Å²) < 4.78 is 15.8. The van der Waals surface area contributed by atoms with E-state index in [1.807, 2.05) is 0 Å². The largest absolute Gasteiger partial charge is 0.328 e. The van der Waals surface area contributed by atoms with Crippen molar-refractivity contribution in [3.63, 3.8) is 0 Å². The number of carbonyl (C=O) groups is 2. The van der Waals surface area contributed by atoms with Crippen molar-refractivity contribution < 1.29 is 14.0 Å². The fourth-order valence-corrected chi connectivity index (χ4v) is 3.39. The summed E-state index contributed by atoms with van der Waals surface area (Å²) in [6.07, 6.45) is -1.04. The highest BCUT2D eigenvalue weighted by Crippen LogP contribution is 2.18. The molecule has 0 aromatic heterocycles. The van der Waals surface area contributed by atoms with Crippen LogP contribution in [0.4, 0.5) is 4.39 Å². The first-order valence-electron chi connectivity index (χ1n) is 8.31. The topological polar surface area (TPSA) is 58.2 Å². The van der Waals surface area contributed by atoms with Crippen LogP contribution in [0, 0.1) is 5.82 Å². The molecule has 28 heavy (non-hydrogen) atoms. The van der Waals surface area contributed by atoms with E-state index in [2.05, 4.69) is 42.5 Å². The summed E-state index contributed by atoms with van der Waals surface area (Å²) in [5, 5.41) is 5.38. The van der Waals surface area contributed by atoms with Crippen molar-refractivity contribution in [2.24, 2.45) is 0 Å². The van der Waals surface area contributed by atoms with Crippen LogP contribution in [0.25, 0.3) is 0 Å². The first-order valence-corrected chi connectivity index (χ1v) is 9.90. The number of rotatable bonds is 5. The van der Waals surface area contributed by atoms with E-state index >= 15 is 0 Å². The summed E-state index contributed by atoms with van der Waals surface area (Å²) in [4.78, 5) is 25.3. The molecular formula is C21H15Br2FN2O2. The van der Waals surface area contributed by atoms with E-state index in [4.69, 9.17) is 0 Å². The number of amides is 2. The molecule has 3 rings (SSSR count). The minimum atomic E-state index is -1.04. The molecule has 3 aromatic carbocycles. The number of carbonyl (C=O) groups excluding carboxylic acids is 2. The van der Waals surface area contributed by atoms with Gasteiger partial charge in [0.1, 0.15) is 12.0 Å². The molecular weight excluding hydrogens is 491 g/mol. The highest BCUT2D eigenvalue weighted by atomic mass is 79.9. The van der Waals surface area contributed by atoms with Crippen LogP contribution in [0.3, 0.4) is 0 Å². The summed E-state index contributed by atoms with van der Waals surface area (Å²) in [6, 6.07) is 19.6. The van der Waals surface area contributed by atoms with Gasteiger partial charge in [0.05, 0.1) is 0 Å². The van der Waals surface area contributed by atoms with E-state index in [0.29, 0.717) is 11.1 Å². The summed E-state index contributed by atoms with van der Waals surface area (Å²) in [7, 11) is 0. The molecule has 7 heteroatoms. The SMILES string of the molecule is O=C(NC(NC(=O)c1cccc(Br)c1)c1ccccc1F)c1cccc(Br)c1. The van der Waals surface area contributed by atoms with Gasteiger partial charge < -0.3 is 10.6 Å². The van der Waals surface area contributed by atoms with Gasteiger partial charge in [0, 0.05) is 25.6 Å². The normalized spacial score (nSPS) is 10.6. The van der Waals surface area contributed by atoms with Gasteiger partial charge in [-0.2, -0.15) is 0 Å². The molecule has 2 amide bonds. The van der Waals surface area contributed by atoms with Crippen LogP contribution in [-0.2, 0) is 0 Å². The van der Waals surface area contributed by atoms with Crippen molar-refractivity contribution >= 4 is 43.7 Å². The van der Waals surface area contributed by atoms with Crippen LogP contribution in [0.1, 0.15) is 32.4 Å². The molecule has 0 bridgehead atoms. The van der Waals surface area contributed by atoms with Crippen molar-refractivity contribution in [2.75, 3.05) is 0 Å². The second kappa shape index (κ2) is 9.12. The smallest absolute Gasteiger partial charge is 0.253 e. The van der Waals surface area contributed by atoms with E-state index in [9.17, 15) is 14.0 Å². The summed E-state index contributed by atoms with van der Waals surface area (Å²) in [6.45, 7) is 0. The van der Waals surface area contributed by atoms with Crippen LogP contribution < -0.4 is 10.6 Å². The Bertz CT molecular complexity index is 967. The minimum absolute atomic E-state index is 0.161. The van der Waals surface area contributed by atoms with Gasteiger partial charge in [-0.15, -0.1) is 0 Å². The lowest BCUT2D eigenvalue weighted by atomic mass is 10.1. The molecule has 0 saturated carbocycles. The van der Waals surface area contributed by atoms with Gasteiger partial charge >= 0.3 is 0 Å². The van der Waals surface area contributed by atoms with Crippen LogP contribution in [0.5, 0.6) is 0 Å². The lowest BCUT2D eigenvalue weighted by Gasteiger charge is -2.21. The van der Waals surface area contributed by atoms with Crippen molar-refractivity contribution in [1.82, 2.24) is 10.6 Å². The molecule has 0 aliphatic carbocycles. The predicted molar refractivity (Wildman–Crippen MR) is 112 cm³/mol. The first kappa shape index (κ1) is 20.2. The van der Waals surface area contributed by atoms with Crippen molar-refractivity contribution in [3.8, 4) is 0 Å². The molecule has 0 heterocycles. The Morgan fingerprint density at radius 1 is 0.750 bits per heavy atom. The number of nitrogens with one attached hydrogen (secondary N) is 2. The van der Waals surface area contributed by atoms with Gasteiger partial charge in [-0.25, -0.2) is 4.39 Å². The Morgan fingerprint density at radius 3 is 1.71 bits per heavy atom. The highest BCUT2D eigenvalue weighted by Gasteiger charge is 2.21. The minimum Gasteiger partial charge on any atom is -0.328 e. The molecule has 142 valence electrons. The van der Waals surface area contributed by atoms with E-state index in [1.165, 1.54) is 12.1 Å². The maximum atomic E-state index is 14.4. The quantitative estimate of drug-likeness (QED) is 0.467. The second-order valence-electron chi connectivity index (χ2n) is 5.92. The van der Waals surface area contributed by atoms with E-state index in [-0.39, 0.29) is 5.56 Å². The highest BCUT2D eigenvalue weighted by molar-refractivity contribution is 9.10. The molecule has 3 aromatic rings. The summed E-state index contributed by atoms with van der Waals surface area (Å²) in [5.41, 5.74) is 0.925. The van der Waals surface area contributed by atoms with Crippen LogP contribution in [0.15, 0.2) is 81.7 Å². The molecule has 0 fully saturated rings. The fourth-order valence-electron chi connectivity index (χ4n) is 2.59. The maximum absolute atomic E-state index is 14.4. The standard InChI is InChI=1S/C21H15Br2FN2O2/c22-15-7-3-5-13(11-15)20(27)25-19(17-9-1-2-10-18(17)24)26-21(28)14-6-4-8-16(23)12-14/h1-12,19H,(H,25,27)(H,26,28). The molecule has 0 spiro atoms. The Hall–Kier alpha value is -2.51. The van der Waals surface area contributed by atoms with Crippen molar-refractivity contribution in [3.05, 3.63) is 104 Å². The number of hydrogen-bond donors (Lipinski definition) is 2. The molecule has 0 atom stereocenters. The Kier molecular flexibility index (Phi) is 6.59. The zero-order valence-electron chi connectivity index (χ0n) is 14.5. The molecule has 0 aliphatic rings. The van der Waals surface area contributed by atoms with Crippen LogP contribution in [-0.4, -0.2) is 11.8 Å². The van der Waals surface area contributed by atoms with Gasteiger partial charge in [0.15, 0.2) is 0 Å². The summed E-state index contributed by atoms with van der Waals surface area (Å²) >= 11 is 6.63. The maximum Gasteiger partial charge on any atom is 0.253 e. The number of benzene rings is 3. The van der Waals surface area contributed by atoms with Crippen LogP contribution in [0.2, 0.25) is 0 Å². The lowest BCUT2D eigenvalue weighted by Crippen LogP contribution is -2.41. The zero-order chi connectivity index (χ0) is 20.1. The molecule has 2 N–H and O–H groups in total. The number of hydrogen-bond acceptors (Lipinski definition) is 2. The lowest BCUT2D eigenvalue weighted by molar-refractivity contribution is 0.0882. The van der Waals surface area contributed by atoms with Gasteiger partial charge in [0.25, 0.3) is 11.8 Å². The predicted octanol–water partition coefficient (Wildman–Crippen LogP) is 5.21. The van der Waals surface area contributed by atoms with E-state index in [1.54, 1.807) is 60.7 Å². The average molecular weight is 506 g/mol. The monoisotopic (exact) mass is 504 g/mol. The molecule has 0 radical (unpaired) electrons.